The third-order valence-electron chi connectivity index (χ3n) is 3.74. The summed E-state index contributed by atoms with van der Waals surface area (Å²) in [5.74, 6) is 0.702. The minimum absolute atomic E-state index is 0.0736. The van der Waals surface area contributed by atoms with Crippen molar-refractivity contribution in [2.75, 3.05) is 5.32 Å². The Morgan fingerprint density at radius 3 is 3.00 bits per heavy atom. The molecule has 3 rings (SSSR count). The normalized spacial score (nSPS) is 14.5. The fourth-order valence-corrected chi connectivity index (χ4v) is 2.70. The highest BCUT2D eigenvalue weighted by Gasteiger charge is 2.18. The number of aryl methyl sites for hydroxylation is 2. The summed E-state index contributed by atoms with van der Waals surface area (Å²) in [7, 11) is 0. The van der Waals surface area contributed by atoms with Gasteiger partial charge in [0.1, 0.15) is 0 Å². The van der Waals surface area contributed by atoms with E-state index in [2.05, 4.69) is 20.3 Å². The third kappa shape index (κ3) is 3.16. The first-order chi connectivity index (χ1) is 10.6. The molecule has 0 radical (unpaired) electrons. The molecule has 6 nitrogen and oxygen atoms in total. The molecule has 1 heterocycles. The van der Waals surface area contributed by atoms with Gasteiger partial charge in [-0.1, -0.05) is 12.1 Å². The second-order valence-corrected chi connectivity index (χ2v) is 5.58. The molecule has 22 heavy (non-hydrogen) atoms. The van der Waals surface area contributed by atoms with E-state index in [0.29, 0.717) is 11.9 Å². The van der Waals surface area contributed by atoms with Crippen LogP contribution in [-0.4, -0.2) is 15.9 Å². The van der Waals surface area contributed by atoms with E-state index in [1.807, 2.05) is 31.2 Å². The first kappa shape index (κ1) is 14.3. The Kier molecular flexibility index (Phi) is 3.91. The van der Waals surface area contributed by atoms with Crippen LogP contribution in [0.25, 0.3) is 0 Å². The molecule has 0 aliphatic heterocycles. The summed E-state index contributed by atoms with van der Waals surface area (Å²) < 4.78 is 0. The Morgan fingerprint density at radius 2 is 2.18 bits per heavy atom. The zero-order valence-corrected chi connectivity index (χ0v) is 12.6. The maximum atomic E-state index is 12.1. The third-order valence-corrected chi connectivity index (χ3v) is 3.74. The number of hydrogen-bond acceptors (Lipinski definition) is 2. The van der Waals surface area contributed by atoms with Crippen molar-refractivity contribution in [2.45, 2.75) is 32.6 Å². The molecule has 2 aromatic rings. The molecule has 0 amide bonds. The number of guanidine groups is 1. The van der Waals surface area contributed by atoms with Gasteiger partial charge in [-0.25, -0.2) is 9.98 Å². The zero-order chi connectivity index (χ0) is 15.5. The van der Waals surface area contributed by atoms with E-state index >= 15 is 0 Å². The summed E-state index contributed by atoms with van der Waals surface area (Å²) in [6.07, 6.45) is 3.77. The number of nitrogens with one attached hydrogen (secondary N) is 3. The van der Waals surface area contributed by atoms with Gasteiger partial charge in [-0.05, 0) is 50.3 Å². The van der Waals surface area contributed by atoms with Crippen molar-refractivity contribution < 1.29 is 4.99 Å². The Bertz CT molecular complexity index is 778. The number of aromatic amines is 1. The Labute approximate surface area is 128 Å². The first-order valence-electron chi connectivity index (χ1n) is 7.47. The molecule has 0 atom stereocenters. The van der Waals surface area contributed by atoms with Crippen molar-refractivity contribution in [1.29, 1.82) is 0 Å². The number of aromatic nitrogens is 2. The molecular formula is C16H20N5O+. The van der Waals surface area contributed by atoms with Crippen molar-refractivity contribution in [2.24, 2.45) is 5.73 Å². The topological polar surface area (TPSA) is 97.8 Å². The highest BCUT2D eigenvalue weighted by Crippen LogP contribution is 2.15. The minimum Gasteiger partial charge on any atom is -0.322 e. The smallest absolute Gasteiger partial charge is 0.322 e. The van der Waals surface area contributed by atoms with Gasteiger partial charge in [0.2, 0.25) is 0 Å². The van der Waals surface area contributed by atoms with E-state index < -0.39 is 0 Å². The number of benzene rings is 1. The summed E-state index contributed by atoms with van der Waals surface area (Å²) in [4.78, 5) is 22.2. The molecule has 0 fully saturated rings. The van der Waals surface area contributed by atoms with Crippen LogP contribution in [0.2, 0.25) is 0 Å². The predicted octanol–water partition coefficient (Wildman–Crippen LogP) is 0.0960. The van der Waals surface area contributed by atoms with Gasteiger partial charge in [0.25, 0.3) is 11.5 Å². The number of H-pyrrole nitrogens is 1. The van der Waals surface area contributed by atoms with Crippen LogP contribution < -0.4 is 21.6 Å². The van der Waals surface area contributed by atoms with Crippen LogP contribution in [0.15, 0.2) is 29.1 Å². The molecule has 0 unspecified atom stereocenters. The van der Waals surface area contributed by atoms with Gasteiger partial charge in [-0.3, -0.25) is 10.1 Å². The zero-order valence-electron chi connectivity index (χ0n) is 12.6. The molecule has 1 aliphatic rings. The van der Waals surface area contributed by atoms with Crippen LogP contribution in [-0.2, 0) is 12.8 Å². The maximum Gasteiger partial charge on any atom is 0.325 e. The van der Waals surface area contributed by atoms with E-state index in [4.69, 9.17) is 5.73 Å². The SMILES string of the molecule is Cc1cccc(NC(N)=[NH+]c2nc3c(c(=O)[nH]2)CCCC3)c1. The Morgan fingerprint density at radius 1 is 1.36 bits per heavy atom. The van der Waals surface area contributed by atoms with Crippen LogP contribution in [0.1, 0.15) is 29.7 Å². The average Bonchev–Trinajstić information content (AvgIpc) is 2.47. The van der Waals surface area contributed by atoms with Crippen LogP contribution in [0, 0.1) is 6.92 Å². The van der Waals surface area contributed by atoms with E-state index in [-0.39, 0.29) is 5.56 Å². The van der Waals surface area contributed by atoms with E-state index in [1.54, 1.807) is 0 Å². The first-order valence-corrected chi connectivity index (χ1v) is 7.47. The number of fused-ring (bicyclic) bond motifs is 1. The molecule has 0 spiro atoms. The van der Waals surface area contributed by atoms with Crippen molar-refractivity contribution in [3.05, 3.63) is 51.4 Å². The fraction of sp³-hybridized carbons (Fsp3) is 0.312. The largest absolute Gasteiger partial charge is 0.325 e. The van der Waals surface area contributed by atoms with Gasteiger partial charge in [0.05, 0.1) is 16.9 Å². The lowest BCUT2D eigenvalue weighted by Gasteiger charge is -2.10. The Balaban J connectivity index is 1.85. The highest BCUT2D eigenvalue weighted by molar-refractivity contribution is 5.88. The number of hydrogen-bond donors (Lipinski definition) is 4. The van der Waals surface area contributed by atoms with Gasteiger partial charge in [0.15, 0.2) is 0 Å². The number of anilines is 1. The summed E-state index contributed by atoms with van der Waals surface area (Å²) in [6.45, 7) is 2.01. The monoisotopic (exact) mass is 298 g/mol. The van der Waals surface area contributed by atoms with E-state index in [9.17, 15) is 4.79 Å². The summed E-state index contributed by atoms with van der Waals surface area (Å²) in [5.41, 5.74) is 9.57. The minimum atomic E-state index is -0.0736. The molecule has 1 aromatic carbocycles. The van der Waals surface area contributed by atoms with Crippen LogP contribution in [0.4, 0.5) is 11.6 Å². The van der Waals surface area contributed by atoms with Crippen molar-refractivity contribution in [3.63, 3.8) is 0 Å². The number of nitrogens with two attached hydrogens (primary N) is 1. The molecule has 0 bridgehead atoms. The van der Waals surface area contributed by atoms with Gasteiger partial charge in [0, 0.05) is 0 Å². The Hall–Kier alpha value is -2.63. The molecule has 5 N–H and O–H groups in total. The van der Waals surface area contributed by atoms with Crippen LogP contribution in [0.5, 0.6) is 0 Å². The lowest BCUT2D eigenvalue weighted by molar-refractivity contribution is -0.365. The predicted molar refractivity (Wildman–Crippen MR) is 86.1 cm³/mol. The standard InChI is InChI=1S/C16H19N5O/c1-10-5-4-6-11(9-10)18-15(17)21-16-19-13-8-3-2-7-12(13)14(22)20-16/h4-6,9H,2-3,7-8H2,1H3,(H4,17,18,19,20,21,22)/p+1. The number of rotatable bonds is 2. The van der Waals surface area contributed by atoms with Crippen molar-refractivity contribution >= 4 is 17.6 Å². The second-order valence-electron chi connectivity index (χ2n) is 5.58. The second kappa shape index (κ2) is 6.01. The molecule has 0 saturated carbocycles. The summed E-state index contributed by atoms with van der Waals surface area (Å²) >= 11 is 0. The highest BCUT2D eigenvalue weighted by atomic mass is 16.1. The lowest BCUT2D eigenvalue weighted by Crippen LogP contribution is -2.73. The van der Waals surface area contributed by atoms with Crippen molar-refractivity contribution in [3.8, 4) is 0 Å². The average molecular weight is 298 g/mol. The summed E-state index contributed by atoms with van der Waals surface area (Å²) in [5, 5.41) is 3.05. The maximum absolute atomic E-state index is 12.1. The molecular weight excluding hydrogens is 278 g/mol. The van der Waals surface area contributed by atoms with E-state index in [1.165, 1.54) is 0 Å². The van der Waals surface area contributed by atoms with Crippen LogP contribution in [0.3, 0.4) is 0 Å². The van der Waals surface area contributed by atoms with Crippen LogP contribution >= 0.6 is 0 Å². The van der Waals surface area contributed by atoms with E-state index in [0.717, 1.165) is 48.2 Å². The number of nitrogens with zero attached hydrogens (tertiary/aromatic N) is 1. The quantitative estimate of drug-likeness (QED) is 0.467. The van der Waals surface area contributed by atoms with Crippen molar-refractivity contribution in [1.82, 2.24) is 9.97 Å². The molecule has 0 saturated heterocycles. The molecule has 1 aliphatic carbocycles. The van der Waals surface area contributed by atoms with Gasteiger partial charge < -0.3 is 5.73 Å². The van der Waals surface area contributed by atoms with Gasteiger partial charge >= 0.3 is 5.95 Å². The van der Waals surface area contributed by atoms with Gasteiger partial charge in [-0.2, -0.15) is 0 Å². The summed E-state index contributed by atoms with van der Waals surface area (Å²) in [6, 6.07) is 7.86. The lowest BCUT2D eigenvalue weighted by atomic mass is 9.97. The fourth-order valence-electron chi connectivity index (χ4n) is 2.70. The molecule has 1 aromatic heterocycles. The molecule has 114 valence electrons. The molecule has 6 heteroatoms. The van der Waals surface area contributed by atoms with Gasteiger partial charge in [-0.15, -0.1) is 4.98 Å².